The maximum absolute atomic E-state index is 13.4. The summed E-state index contributed by atoms with van der Waals surface area (Å²) in [6.45, 7) is 1.69. The van der Waals surface area contributed by atoms with Gasteiger partial charge in [0.2, 0.25) is 0 Å². The van der Waals surface area contributed by atoms with Gasteiger partial charge in [-0.3, -0.25) is 9.69 Å². The first-order chi connectivity index (χ1) is 11.7. The summed E-state index contributed by atoms with van der Waals surface area (Å²) in [5.41, 5.74) is -0.412. The number of hydrogen-bond donors (Lipinski definition) is 1. The molecule has 2 atom stereocenters. The van der Waals surface area contributed by atoms with Gasteiger partial charge in [-0.05, 0) is 17.7 Å². The van der Waals surface area contributed by atoms with Crippen LogP contribution in [0.3, 0.4) is 0 Å². The second kappa shape index (κ2) is 6.25. The van der Waals surface area contributed by atoms with Gasteiger partial charge in [0, 0.05) is 52.7 Å². The molecule has 25 heavy (non-hydrogen) atoms. The summed E-state index contributed by atoms with van der Waals surface area (Å²) in [7, 11) is 3.28. The fourth-order valence-corrected chi connectivity index (χ4v) is 3.92. The van der Waals surface area contributed by atoms with Crippen LogP contribution in [-0.2, 0) is 11.3 Å². The maximum Gasteiger partial charge on any atom is 0.319 e. The zero-order valence-electron chi connectivity index (χ0n) is 14.2. The molecule has 1 aromatic carbocycles. The van der Waals surface area contributed by atoms with Crippen molar-refractivity contribution in [2.45, 2.75) is 6.54 Å². The molecule has 2 aliphatic rings. The number of likely N-dealkylation sites (tertiary alicyclic amines) is 2. The molecule has 0 spiro atoms. The summed E-state index contributed by atoms with van der Waals surface area (Å²) in [6.07, 6.45) is 0. The van der Waals surface area contributed by atoms with Gasteiger partial charge in [0.25, 0.3) is 0 Å². The van der Waals surface area contributed by atoms with Crippen LogP contribution >= 0.6 is 0 Å². The highest BCUT2D eigenvalue weighted by Gasteiger charge is 2.58. The molecule has 0 unspecified atom stereocenters. The van der Waals surface area contributed by atoms with E-state index in [1.807, 2.05) is 4.90 Å². The van der Waals surface area contributed by atoms with E-state index in [1.165, 1.54) is 11.0 Å². The number of fused-ring (bicyclic) bond motifs is 1. The van der Waals surface area contributed by atoms with Crippen LogP contribution in [0.4, 0.5) is 13.6 Å². The number of carbonyl (C=O) groups excluding carboxylic acids is 1. The summed E-state index contributed by atoms with van der Waals surface area (Å²) >= 11 is 0. The summed E-state index contributed by atoms with van der Waals surface area (Å²) in [5.74, 6) is -2.91. The Morgan fingerprint density at radius 2 is 1.96 bits per heavy atom. The number of carboxylic acids is 1. The van der Waals surface area contributed by atoms with E-state index in [1.54, 1.807) is 19.0 Å². The van der Waals surface area contributed by atoms with Crippen molar-refractivity contribution >= 4 is 12.0 Å². The number of carbonyl (C=O) groups is 2. The second-order valence-corrected chi connectivity index (χ2v) is 7.13. The number of urea groups is 1. The van der Waals surface area contributed by atoms with Crippen molar-refractivity contribution in [3.63, 3.8) is 0 Å². The van der Waals surface area contributed by atoms with E-state index in [9.17, 15) is 23.5 Å². The Hall–Kier alpha value is -2.22. The van der Waals surface area contributed by atoms with E-state index >= 15 is 0 Å². The normalized spacial score (nSPS) is 25.9. The maximum atomic E-state index is 13.4. The molecule has 3 rings (SSSR count). The fraction of sp³-hybridized carbons (Fsp3) is 0.529. The number of hydrogen-bond acceptors (Lipinski definition) is 3. The molecule has 8 heteroatoms. The topological polar surface area (TPSA) is 64.1 Å². The molecular formula is C17H21F2N3O3. The minimum Gasteiger partial charge on any atom is -0.481 e. The van der Waals surface area contributed by atoms with Crippen LogP contribution in [0.1, 0.15) is 5.56 Å². The Morgan fingerprint density at radius 3 is 2.52 bits per heavy atom. The largest absolute Gasteiger partial charge is 0.481 e. The minimum atomic E-state index is -1.01. The molecule has 136 valence electrons. The monoisotopic (exact) mass is 353 g/mol. The molecule has 2 heterocycles. The van der Waals surface area contributed by atoms with Crippen molar-refractivity contribution in [3.8, 4) is 0 Å². The first-order valence-corrected chi connectivity index (χ1v) is 8.09. The van der Waals surface area contributed by atoms with Gasteiger partial charge in [0.05, 0.1) is 0 Å². The standard InChI is InChI=1S/C17H21F2N3O3/c1-20(2)16(25)22-8-12-7-21(9-17(12,10-22)15(23)24)6-11-3-4-13(18)14(19)5-11/h3-5,12H,6-10H2,1-2H3,(H,23,24)/t12-,17-/m1/s1. The van der Waals surface area contributed by atoms with Gasteiger partial charge in [0.15, 0.2) is 11.6 Å². The van der Waals surface area contributed by atoms with Crippen molar-refractivity contribution in [1.82, 2.24) is 14.7 Å². The van der Waals surface area contributed by atoms with Gasteiger partial charge >= 0.3 is 12.0 Å². The highest BCUT2D eigenvalue weighted by Crippen LogP contribution is 2.43. The van der Waals surface area contributed by atoms with Crippen LogP contribution in [0.2, 0.25) is 0 Å². The molecule has 0 aliphatic carbocycles. The SMILES string of the molecule is CN(C)C(=O)N1C[C@H]2CN(Cc3ccc(F)c(F)c3)C[C@@]2(C(=O)O)C1. The molecule has 0 saturated carbocycles. The summed E-state index contributed by atoms with van der Waals surface area (Å²) in [6, 6.07) is 3.52. The summed E-state index contributed by atoms with van der Waals surface area (Å²) in [5, 5.41) is 9.79. The lowest BCUT2D eigenvalue weighted by Crippen LogP contribution is -2.44. The molecular weight excluding hydrogens is 332 g/mol. The van der Waals surface area contributed by atoms with Crippen LogP contribution in [0, 0.1) is 23.0 Å². The first-order valence-electron chi connectivity index (χ1n) is 8.09. The molecule has 0 bridgehead atoms. The van der Waals surface area contributed by atoms with Crippen molar-refractivity contribution in [3.05, 3.63) is 35.4 Å². The van der Waals surface area contributed by atoms with Gasteiger partial charge in [-0.15, -0.1) is 0 Å². The number of amides is 2. The smallest absolute Gasteiger partial charge is 0.319 e. The minimum absolute atomic E-state index is 0.165. The van der Waals surface area contributed by atoms with E-state index in [4.69, 9.17) is 0 Å². The zero-order valence-corrected chi connectivity index (χ0v) is 14.2. The molecule has 1 aromatic rings. The van der Waals surface area contributed by atoms with Crippen LogP contribution < -0.4 is 0 Å². The summed E-state index contributed by atoms with van der Waals surface area (Å²) in [4.78, 5) is 29.1. The Morgan fingerprint density at radius 1 is 1.24 bits per heavy atom. The van der Waals surface area contributed by atoms with Crippen LogP contribution in [0.25, 0.3) is 0 Å². The molecule has 2 aliphatic heterocycles. The van der Waals surface area contributed by atoms with Gasteiger partial charge in [0.1, 0.15) is 5.41 Å². The van der Waals surface area contributed by atoms with Crippen molar-refractivity contribution in [1.29, 1.82) is 0 Å². The number of halogens is 2. The molecule has 6 nitrogen and oxygen atoms in total. The lowest BCUT2D eigenvalue weighted by Gasteiger charge is -2.27. The average Bonchev–Trinajstić information content (AvgIpc) is 3.05. The molecule has 2 amide bonds. The van der Waals surface area contributed by atoms with Crippen molar-refractivity contribution in [2.24, 2.45) is 11.3 Å². The van der Waals surface area contributed by atoms with Crippen LogP contribution in [0.5, 0.6) is 0 Å². The Bertz CT molecular complexity index is 712. The molecule has 2 fully saturated rings. The lowest BCUT2D eigenvalue weighted by atomic mass is 9.81. The Labute approximate surface area is 144 Å². The van der Waals surface area contributed by atoms with E-state index < -0.39 is 23.0 Å². The third-order valence-corrected chi connectivity index (χ3v) is 5.15. The van der Waals surface area contributed by atoms with Gasteiger partial charge in [-0.25, -0.2) is 13.6 Å². The number of benzene rings is 1. The fourth-order valence-electron chi connectivity index (χ4n) is 3.92. The van der Waals surface area contributed by atoms with E-state index in [0.717, 1.165) is 12.1 Å². The molecule has 1 N–H and O–H groups in total. The van der Waals surface area contributed by atoms with Gasteiger partial charge in [-0.2, -0.15) is 0 Å². The Kier molecular flexibility index (Phi) is 4.40. The highest BCUT2D eigenvalue weighted by atomic mass is 19.2. The highest BCUT2D eigenvalue weighted by molar-refractivity contribution is 5.80. The number of aliphatic carboxylic acids is 1. The number of nitrogens with zero attached hydrogens (tertiary/aromatic N) is 3. The predicted molar refractivity (Wildman–Crippen MR) is 85.8 cm³/mol. The molecule has 2 saturated heterocycles. The summed E-state index contributed by atoms with van der Waals surface area (Å²) < 4.78 is 26.4. The first kappa shape index (κ1) is 17.6. The second-order valence-electron chi connectivity index (χ2n) is 7.13. The quantitative estimate of drug-likeness (QED) is 0.894. The van der Waals surface area contributed by atoms with E-state index in [2.05, 4.69) is 0 Å². The molecule has 0 radical (unpaired) electrons. The average molecular weight is 353 g/mol. The lowest BCUT2D eigenvalue weighted by molar-refractivity contribution is -0.148. The van der Waals surface area contributed by atoms with Crippen molar-refractivity contribution in [2.75, 3.05) is 40.3 Å². The van der Waals surface area contributed by atoms with Crippen LogP contribution in [-0.4, -0.2) is 72.1 Å². The molecule has 0 aromatic heterocycles. The third kappa shape index (κ3) is 3.06. The Balaban J connectivity index is 1.74. The van der Waals surface area contributed by atoms with E-state index in [-0.39, 0.29) is 25.0 Å². The van der Waals surface area contributed by atoms with Gasteiger partial charge in [-0.1, -0.05) is 6.07 Å². The van der Waals surface area contributed by atoms with Crippen molar-refractivity contribution < 1.29 is 23.5 Å². The number of carboxylic acid groups (broad SMARTS) is 1. The predicted octanol–water partition coefficient (Wildman–Crippen LogP) is 1.46. The number of rotatable bonds is 3. The van der Waals surface area contributed by atoms with E-state index in [0.29, 0.717) is 25.2 Å². The van der Waals surface area contributed by atoms with Crippen LogP contribution in [0.15, 0.2) is 18.2 Å². The zero-order chi connectivity index (χ0) is 18.4. The third-order valence-electron chi connectivity index (χ3n) is 5.15. The van der Waals surface area contributed by atoms with Gasteiger partial charge < -0.3 is 14.9 Å².